The Bertz CT molecular complexity index is 267. The van der Waals surface area contributed by atoms with Gasteiger partial charge in [0.25, 0.3) is 0 Å². The van der Waals surface area contributed by atoms with E-state index in [1.54, 1.807) is 10.9 Å². The molecule has 0 saturated carbocycles. The lowest BCUT2D eigenvalue weighted by Gasteiger charge is -2.02. The summed E-state index contributed by atoms with van der Waals surface area (Å²) in [6.07, 6.45) is 3.22. The molecule has 0 amide bonds. The SMILES string of the molecule is CC(C)n1cc(C(=O)S)cn1. The molecule has 1 heterocycles. The van der Waals surface area contributed by atoms with E-state index in [2.05, 4.69) is 17.7 Å². The van der Waals surface area contributed by atoms with Crippen LogP contribution in [0.5, 0.6) is 0 Å². The van der Waals surface area contributed by atoms with Crippen molar-refractivity contribution in [3.63, 3.8) is 0 Å². The fourth-order valence-corrected chi connectivity index (χ4v) is 0.846. The molecule has 0 saturated heterocycles. The monoisotopic (exact) mass is 170 g/mol. The van der Waals surface area contributed by atoms with Crippen molar-refractivity contribution in [3.8, 4) is 0 Å². The summed E-state index contributed by atoms with van der Waals surface area (Å²) in [4.78, 5) is 10.7. The molecule has 1 rings (SSSR count). The van der Waals surface area contributed by atoms with E-state index in [1.165, 1.54) is 6.20 Å². The van der Waals surface area contributed by atoms with Crippen LogP contribution in [0, 0.1) is 0 Å². The summed E-state index contributed by atoms with van der Waals surface area (Å²) >= 11 is 3.68. The van der Waals surface area contributed by atoms with Crippen molar-refractivity contribution in [2.24, 2.45) is 0 Å². The second-order valence-corrected chi connectivity index (χ2v) is 3.01. The molecule has 0 aromatic carbocycles. The molecule has 0 aliphatic rings. The van der Waals surface area contributed by atoms with Crippen molar-refractivity contribution < 1.29 is 4.79 Å². The fourth-order valence-electron chi connectivity index (χ4n) is 0.731. The van der Waals surface area contributed by atoms with Crippen LogP contribution in [-0.2, 0) is 0 Å². The van der Waals surface area contributed by atoms with Gasteiger partial charge in [-0.05, 0) is 13.8 Å². The van der Waals surface area contributed by atoms with Crippen LogP contribution in [-0.4, -0.2) is 14.9 Å². The van der Waals surface area contributed by atoms with Crippen molar-refractivity contribution in [2.45, 2.75) is 19.9 Å². The van der Waals surface area contributed by atoms with Crippen LogP contribution < -0.4 is 0 Å². The highest BCUT2D eigenvalue weighted by molar-refractivity contribution is 7.97. The van der Waals surface area contributed by atoms with E-state index in [0.717, 1.165) is 0 Å². The van der Waals surface area contributed by atoms with Gasteiger partial charge >= 0.3 is 0 Å². The minimum absolute atomic E-state index is 0.239. The number of rotatable bonds is 2. The Morgan fingerprint density at radius 1 is 1.73 bits per heavy atom. The number of carbonyl (C=O) groups excluding carboxylic acids is 1. The maximum Gasteiger partial charge on any atom is 0.219 e. The summed E-state index contributed by atoms with van der Waals surface area (Å²) in [6, 6.07) is 0.288. The summed E-state index contributed by atoms with van der Waals surface area (Å²) in [6.45, 7) is 4.00. The Balaban J connectivity index is 2.90. The lowest BCUT2D eigenvalue weighted by molar-refractivity contribution is 0.109. The van der Waals surface area contributed by atoms with Crippen LogP contribution in [0.3, 0.4) is 0 Å². The highest BCUT2D eigenvalue weighted by Crippen LogP contribution is 2.06. The van der Waals surface area contributed by atoms with Gasteiger partial charge < -0.3 is 0 Å². The third kappa shape index (κ3) is 1.83. The van der Waals surface area contributed by atoms with Gasteiger partial charge in [-0.3, -0.25) is 9.48 Å². The summed E-state index contributed by atoms with van der Waals surface area (Å²) in [5.41, 5.74) is 0.544. The van der Waals surface area contributed by atoms with E-state index in [4.69, 9.17) is 0 Å². The minimum Gasteiger partial charge on any atom is -0.282 e. The minimum atomic E-state index is -0.239. The molecule has 0 radical (unpaired) electrons. The van der Waals surface area contributed by atoms with Crippen molar-refractivity contribution >= 4 is 17.7 Å². The van der Waals surface area contributed by atoms with Crippen LogP contribution in [0.15, 0.2) is 12.4 Å². The zero-order valence-electron chi connectivity index (χ0n) is 6.48. The molecule has 3 nitrogen and oxygen atoms in total. The first kappa shape index (κ1) is 8.33. The quantitative estimate of drug-likeness (QED) is 0.683. The van der Waals surface area contributed by atoms with Gasteiger partial charge in [0.1, 0.15) is 0 Å². The van der Waals surface area contributed by atoms with E-state index in [9.17, 15) is 4.79 Å². The van der Waals surface area contributed by atoms with Gasteiger partial charge in [-0.1, -0.05) is 0 Å². The summed E-state index contributed by atoms with van der Waals surface area (Å²) in [5.74, 6) is 0. The van der Waals surface area contributed by atoms with Crippen LogP contribution in [0.4, 0.5) is 0 Å². The Kier molecular flexibility index (Phi) is 2.34. The van der Waals surface area contributed by atoms with Crippen LogP contribution in [0.2, 0.25) is 0 Å². The zero-order chi connectivity index (χ0) is 8.43. The van der Waals surface area contributed by atoms with E-state index in [0.29, 0.717) is 5.56 Å². The first-order valence-electron chi connectivity index (χ1n) is 3.38. The summed E-state index contributed by atoms with van der Waals surface area (Å²) in [5, 5.41) is 3.74. The van der Waals surface area contributed by atoms with Crippen LogP contribution in [0.1, 0.15) is 30.2 Å². The van der Waals surface area contributed by atoms with Gasteiger partial charge in [0, 0.05) is 12.2 Å². The first-order valence-corrected chi connectivity index (χ1v) is 3.83. The molecule has 0 spiro atoms. The molecular formula is C7H10N2OS. The average Bonchev–Trinajstić information content (AvgIpc) is 2.33. The maximum atomic E-state index is 10.7. The van der Waals surface area contributed by atoms with Crippen molar-refractivity contribution in [1.29, 1.82) is 0 Å². The number of hydrogen-bond donors (Lipinski definition) is 1. The predicted octanol–water partition coefficient (Wildman–Crippen LogP) is 1.53. The maximum absolute atomic E-state index is 10.7. The molecule has 0 atom stereocenters. The van der Waals surface area contributed by atoms with Gasteiger partial charge in [-0.2, -0.15) is 5.10 Å². The Morgan fingerprint density at radius 3 is 2.64 bits per heavy atom. The van der Waals surface area contributed by atoms with Gasteiger partial charge in [-0.15, -0.1) is 12.6 Å². The molecule has 0 N–H and O–H groups in total. The van der Waals surface area contributed by atoms with Crippen molar-refractivity contribution in [3.05, 3.63) is 18.0 Å². The van der Waals surface area contributed by atoms with Gasteiger partial charge in [0.05, 0.1) is 11.8 Å². The third-order valence-electron chi connectivity index (χ3n) is 1.38. The molecule has 1 aromatic rings. The van der Waals surface area contributed by atoms with E-state index >= 15 is 0 Å². The zero-order valence-corrected chi connectivity index (χ0v) is 7.38. The Labute approximate surface area is 70.8 Å². The lowest BCUT2D eigenvalue weighted by atomic mass is 10.4. The molecule has 60 valence electrons. The molecule has 0 aliphatic heterocycles. The number of hydrogen-bond acceptors (Lipinski definition) is 2. The van der Waals surface area contributed by atoms with E-state index in [-0.39, 0.29) is 11.2 Å². The van der Waals surface area contributed by atoms with Gasteiger partial charge in [-0.25, -0.2) is 0 Å². The topological polar surface area (TPSA) is 34.9 Å². The molecule has 1 aromatic heterocycles. The Hall–Kier alpha value is -0.770. The molecule has 11 heavy (non-hydrogen) atoms. The van der Waals surface area contributed by atoms with Crippen molar-refractivity contribution in [1.82, 2.24) is 9.78 Å². The fraction of sp³-hybridized carbons (Fsp3) is 0.429. The molecule has 0 aliphatic carbocycles. The highest BCUT2D eigenvalue weighted by Gasteiger charge is 2.04. The molecule has 0 bridgehead atoms. The molecule has 0 unspecified atom stereocenters. The van der Waals surface area contributed by atoms with Gasteiger partial charge in [0.15, 0.2) is 0 Å². The first-order chi connectivity index (χ1) is 5.11. The molecular weight excluding hydrogens is 160 g/mol. The second-order valence-electron chi connectivity index (χ2n) is 2.61. The molecule has 0 fully saturated rings. The van der Waals surface area contributed by atoms with Crippen LogP contribution in [0.25, 0.3) is 0 Å². The van der Waals surface area contributed by atoms with Gasteiger partial charge in [0.2, 0.25) is 5.12 Å². The van der Waals surface area contributed by atoms with E-state index < -0.39 is 0 Å². The molecule has 4 heteroatoms. The van der Waals surface area contributed by atoms with E-state index in [1.807, 2.05) is 13.8 Å². The smallest absolute Gasteiger partial charge is 0.219 e. The second kappa shape index (κ2) is 3.09. The Morgan fingerprint density at radius 2 is 2.36 bits per heavy atom. The number of aromatic nitrogens is 2. The normalized spacial score (nSPS) is 10.5. The number of carbonyl (C=O) groups is 1. The predicted molar refractivity (Wildman–Crippen MR) is 45.9 cm³/mol. The third-order valence-corrected chi connectivity index (χ3v) is 1.64. The summed E-state index contributed by atoms with van der Waals surface area (Å²) in [7, 11) is 0. The number of thiol groups is 1. The lowest BCUT2D eigenvalue weighted by Crippen LogP contribution is -2.00. The largest absolute Gasteiger partial charge is 0.282 e. The van der Waals surface area contributed by atoms with Crippen molar-refractivity contribution in [2.75, 3.05) is 0 Å². The summed E-state index contributed by atoms with van der Waals surface area (Å²) < 4.78 is 1.73. The average molecular weight is 170 g/mol. The standard InChI is InChI=1S/C7H10N2OS/c1-5(2)9-4-6(3-8-9)7(10)11/h3-5H,1-2H3,(H,10,11). The number of nitrogens with zero attached hydrogens (tertiary/aromatic N) is 2. The highest BCUT2D eigenvalue weighted by atomic mass is 32.1. The van der Waals surface area contributed by atoms with Crippen LogP contribution >= 0.6 is 12.6 Å².